The van der Waals surface area contributed by atoms with Crippen LogP contribution in [0.2, 0.25) is 0 Å². The molecule has 0 saturated heterocycles. The van der Waals surface area contributed by atoms with Gasteiger partial charge in [-0.3, -0.25) is 0 Å². The van der Waals surface area contributed by atoms with Crippen LogP contribution in [0.1, 0.15) is 56.6 Å². The largest absolute Gasteiger partial charge is 0.311 e. The summed E-state index contributed by atoms with van der Waals surface area (Å²) in [6.07, 6.45) is 5.25. The van der Waals surface area contributed by atoms with E-state index in [0.29, 0.717) is 11.8 Å². The molecule has 1 aromatic heterocycles. The van der Waals surface area contributed by atoms with Crippen LogP contribution in [0.5, 0.6) is 0 Å². The summed E-state index contributed by atoms with van der Waals surface area (Å²) < 4.78 is 2.55. The molecule has 0 spiro atoms. The number of fused-ring (bicyclic) bond motifs is 7. The molecule has 1 saturated carbocycles. The SMILES string of the molecule is CC1(C)c2cccc3cc4c(c(c23)C2CCCCC21)c1cc2ccccc2cc1n4-c1ccc(N(c2ccccc2)c2ccccc2)cc1. The Morgan fingerprint density at radius 2 is 1.14 bits per heavy atom. The second-order valence-corrected chi connectivity index (χ2v) is 14.9. The van der Waals surface area contributed by atoms with E-state index < -0.39 is 0 Å². The van der Waals surface area contributed by atoms with E-state index in [1.165, 1.54) is 80.3 Å². The maximum absolute atomic E-state index is 2.55. The van der Waals surface area contributed by atoms with E-state index >= 15 is 0 Å². The van der Waals surface area contributed by atoms with Crippen molar-refractivity contribution in [1.82, 2.24) is 4.57 Å². The van der Waals surface area contributed by atoms with Gasteiger partial charge in [0.05, 0.1) is 11.0 Å². The highest BCUT2D eigenvalue weighted by molar-refractivity contribution is 6.19. The van der Waals surface area contributed by atoms with Gasteiger partial charge in [-0.15, -0.1) is 0 Å². The fraction of sp³-hybridized carbons (Fsp3) is 0.191. The molecule has 10 rings (SSSR count). The number of aromatic nitrogens is 1. The van der Waals surface area contributed by atoms with Gasteiger partial charge in [0, 0.05) is 33.5 Å². The molecule has 2 atom stereocenters. The Morgan fingerprint density at radius 1 is 0.551 bits per heavy atom. The first-order valence-corrected chi connectivity index (χ1v) is 18.0. The van der Waals surface area contributed by atoms with Crippen molar-refractivity contribution in [3.63, 3.8) is 0 Å². The molecule has 8 aromatic rings. The summed E-state index contributed by atoms with van der Waals surface area (Å²) in [5.41, 5.74) is 10.6. The number of anilines is 3. The van der Waals surface area contributed by atoms with E-state index in [9.17, 15) is 0 Å². The third kappa shape index (κ3) is 4.26. The molecule has 0 amide bonds. The van der Waals surface area contributed by atoms with Crippen LogP contribution < -0.4 is 4.90 Å². The van der Waals surface area contributed by atoms with Gasteiger partial charge in [0.15, 0.2) is 0 Å². The van der Waals surface area contributed by atoms with Gasteiger partial charge in [-0.25, -0.2) is 0 Å². The molecular formula is C47H40N2. The minimum Gasteiger partial charge on any atom is -0.311 e. The molecule has 2 aliphatic carbocycles. The predicted octanol–water partition coefficient (Wildman–Crippen LogP) is 13.1. The molecule has 0 bridgehead atoms. The van der Waals surface area contributed by atoms with Gasteiger partial charge >= 0.3 is 0 Å². The summed E-state index contributed by atoms with van der Waals surface area (Å²) in [6, 6.07) is 53.9. The number of hydrogen-bond acceptors (Lipinski definition) is 1. The molecule has 49 heavy (non-hydrogen) atoms. The average molecular weight is 633 g/mol. The van der Waals surface area contributed by atoms with Crippen molar-refractivity contribution in [1.29, 1.82) is 0 Å². The Labute approximate surface area is 288 Å². The van der Waals surface area contributed by atoms with Crippen LogP contribution in [-0.2, 0) is 5.41 Å². The number of rotatable bonds is 4. The minimum absolute atomic E-state index is 0.162. The highest BCUT2D eigenvalue weighted by Gasteiger charge is 2.45. The number of para-hydroxylation sites is 2. The summed E-state index contributed by atoms with van der Waals surface area (Å²) in [6.45, 7) is 5.04. The zero-order chi connectivity index (χ0) is 32.7. The minimum atomic E-state index is 0.162. The van der Waals surface area contributed by atoms with Crippen LogP contribution in [-0.4, -0.2) is 4.57 Å². The maximum Gasteiger partial charge on any atom is 0.0550 e. The molecule has 2 aliphatic rings. The highest BCUT2D eigenvalue weighted by atomic mass is 15.1. The average Bonchev–Trinajstić information content (AvgIpc) is 3.46. The van der Waals surface area contributed by atoms with Gasteiger partial charge < -0.3 is 9.47 Å². The molecule has 2 unspecified atom stereocenters. The second kappa shape index (κ2) is 10.8. The van der Waals surface area contributed by atoms with E-state index in [0.717, 1.165) is 17.1 Å². The number of nitrogens with zero attached hydrogens (tertiary/aromatic N) is 2. The Morgan fingerprint density at radius 3 is 1.86 bits per heavy atom. The van der Waals surface area contributed by atoms with Gasteiger partial charge in [-0.05, 0) is 129 Å². The summed E-state index contributed by atoms with van der Waals surface area (Å²) in [5, 5.41) is 8.33. The van der Waals surface area contributed by atoms with Crippen molar-refractivity contribution in [2.45, 2.75) is 50.9 Å². The van der Waals surface area contributed by atoms with Crippen molar-refractivity contribution < 1.29 is 0 Å². The Kier molecular flexibility index (Phi) is 6.34. The van der Waals surface area contributed by atoms with Crippen LogP contribution in [0.3, 0.4) is 0 Å². The molecule has 1 fully saturated rings. The monoisotopic (exact) mass is 632 g/mol. The molecule has 0 aliphatic heterocycles. The number of benzene rings is 7. The Balaban J connectivity index is 1.26. The second-order valence-electron chi connectivity index (χ2n) is 14.9. The lowest BCUT2D eigenvalue weighted by Crippen LogP contribution is -2.38. The normalized spacial score (nSPS) is 18.2. The smallest absolute Gasteiger partial charge is 0.0550 e. The van der Waals surface area contributed by atoms with E-state index in [2.05, 4.69) is 169 Å². The van der Waals surface area contributed by atoms with Crippen LogP contribution in [0, 0.1) is 5.92 Å². The fourth-order valence-electron chi connectivity index (χ4n) is 9.75. The molecule has 2 nitrogen and oxygen atoms in total. The summed E-state index contributed by atoms with van der Waals surface area (Å²) >= 11 is 0. The standard InChI is InChI=1S/C47H40N2/c1-47(2)40-22-12-11-21-38(40)46-44-33(16-13-23-41(44)47)30-43-45(46)39-28-31-14-9-10-15-32(31)29-42(39)49(43)37-26-24-36(25-27-37)48(34-17-5-3-6-18-34)35-19-7-4-8-20-35/h3-10,13-20,23-30,38,40H,11-12,21-22H2,1-2H3. The molecule has 2 heteroatoms. The Bertz CT molecular complexity index is 2480. The molecule has 0 radical (unpaired) electrons. The highest BCUT2D eigenvalue weighted by Crippen LogP contribution is 2.58. The van der Waals surface area contributed by atoms with Crippen molar-refractivity contribution in [2.75, 3.05) is 4.90 Å². The van der Waals surface area contributed by atoms with Crippen molar-refractivity contribution in [2.24, 2.45) is 5.92 Å². The zero-order valence-electron chi connectivity index (χ0n) is 28.2. The van der Waals surface area contributed by atoms with Crippen LogP contribution in [0.25, 0.3) is 49.0 Å². The van der Waals surface area contributed by atoms with Crippen LogP contribution in [0.15, 0.2) is 146 Å². The van der Waals surface area contributed by atoms with E-state index in [1.54, 1.807) is 5.56 Å². The third-order valence-corrected chi connectivity index (χ3v) is 12.0. The van der Waals surface area contributed by atoms with Crippen molar-refractivity contribution in [3.8, 4) is 5.69 Å². The van der Waals surface area contributed by atoms with Gasteiger partial charge in [0.2, 0.25) is 0 Å². The zero-order valence-corrected chi connectivity index (χ0v) is 28.2. The molecular weight excluding hydrogens is 593 g/mol. The van der Waals surface area contributed by atoms with E-state index in [1.807, 2.05) is 0 Å². The van der Waals surface area contributed by atoms with Gasteiger partial charge in [-0.2, -0.15) is 0 Å². The Hall–Kier alpha value is -5.34. The van der Waals surface area contributed by atoms with E-state index in [4.69, 9.17) is 0 Å². The first-order chi connectivity index (χ1) is 24.1. The first kappa shape index (κ1) is 28.7. The van der Waals surface area contributed by atoms with Gasteiger partial charge in [0.25, 0.3) is 0 Å². The lowest BCUT2D eigenvalue weighted by molar-refractivity contribution is 0.197. The maximum atomic E-state index is 2.55. The lowest BCUT2D eigenvalue weighted by atomic mass is 9.56. The lowest BCUT2D eigenvalue weighted by Gasteiger charge is -2.48. The van der Waals surface area contributed by atoms with Crippen molar-refractivity contribution >= 4 is 60.4 Å². The van der Waals surface area contributed by atoms with Crippen LogP contribution >= 0.6 is 0 Å². The van der Waals surface area contributed by atoms with Crippen molar-refractivity contribution in [3.05, 3.63) is 157 Å². The quantitative estimate of drug-likeness (QED) is 0.187. The number of hydrogen-bond donors (Lipinski definition) is 0. The predicted molar refractivity (Wildman–Crippen MR) is 208 cm³/mol. The third-order valence-electron chi connectivity index (χ3n) is 12.0. The topological polar surface area (TPSA) is 8.17 Å². The van der Waals surface area contributed by atoms with E-state index in [-0.39, 0.29) is 5.41 Å². The fourth-order valence-corrected chi connectivity index (χ4v) is 9.75. The first-order valence-electron chi connectivity index (χ1n) is 18.0. The molecule has 238 valence electrons. The summed E-state index contributed by atoms with van der Waals surface area (Å²) in [4.78, 5) is 2.34. The van der Waals surface area contributed by atoms with Crippen LogP contribution in [0.4, 0.5) is 17.1 Å². The van der Waals surface area contributed by atoms with Gasteiger partial charge in [0.1, 0.15) is 0 Å². The molecule has 0 N–H and O–H groups in total. The molecule has 1 heterocycles. The summed E-state index contributed by atoms with van der Waals surface area (Å²) in [5.74, 6) is 1.23. The molecule has 7 aromatic carbocycles. The summed E-state index contributed by atoms with van der Waals surface area (Å²) in [7, 11) is 0. The van der Waals surface area contributed by atoms with Gasteiger partial charge in [-0.1, -0.05) is 106 Å².